The summed E-state index contributed by atoms with van der Waals surface area (Å²) < 4.78 is 2.85. The number of piperazine rings is 1. The van der Waals surface area contributed by atoms with Crippen LogP contribution in [0.1, 0.15) is 30.3 Å². The summed E-state index contributed by atoms with van der Waals surface area (Å²) in [5.74, 6) is 0.693. The quantitative estimate of drug-likeness (QED) is 0.605. The maximum atomic E-state index is 9.33. The van der Waals surface area contributed by atoms with Crippen LogP contribution < -0.4 is 4.90 Å². The highest BCUT2D eigenvalue weighted by Gasteiger charge is 2.40. The molecule has 8 nitrogen and oxygen atoms in total. The monoisotopic (exact) mass is 450 g/mol. The molecule has 0 radical (unpaired) electrons. The minimum Gasteiger partial charge on any atom is -0.351 e. The van der Waals surface area contributed by atoms with E-state index in [4.69, 9.17) is 0 Å². The van der Waals surface area contributed by atoms with Crippen LogP contribution >= 0.6 is 15.9 Å². The topological polar surface area (TPSA) is 86.8 Å². The first-order valence-corrected chi connectivity index (χ1v) is 10.4. The molecular weight excluding hydrogens is 432 g/mol. The van der Waals surface area contributed by atoms with Crippen LogP contribution in [0.3, 0.4) is 0 Å². The van der Waals surface area contributed by atoms with Crippen molar-refractivity contribution in [3.8, 4) is 11.8 Å². The van der Waals surface area contributed by atoms with Crippen LogP contribution in [0.5, 0.6) is 0 Å². The molecule has 1 aromatic carbocycles. The standard InChI is InChI=1S/C20H19BrN8/c21-14-2-1-3-15(10-14)29-13-18(25-26-29)19-5-4-16-12-27(8-9-28(16)19)20-17(11-22)23-6-7-24-20/h1-3,6-7,10,13,16,19H,4-5,8-9,12H2/t16-,19?/m0/s1. The van der Waals surface area contributed by atoms with Crippen molar-refractivity contribution < 1.29 is 0 Å². The van der Waals surface area contributed by atoms with Gasteiger partial charge < -0.3 is 4.90 Å². The third-order valence-electron chi connectivity index (χ3n) is 5.71. The Kier molecular flexibility index (Phi) is 4.73. The van der Waals surface area contributed by atoms with Crippen molar-refractivity contribution in [1.82, 2.24) is 29.9 Å². The van der Waals surface area contributed by atoms with Crippen LogP contribution in [0.25, 0.3) is 5.69 Å². The average molecular weight is 451 g/mol. The molecule has 0 saturated carbocycles. The molecule has 2 aliphatic rings. The molecule has 3 aromatic rings. The lowest BCUT2D eigenvalue weighted by molar-refractivity contribution is 0.173. The number of aromatic nitrogens is 5. The first kappa shape index (κ1) is 18.2. The van der Waals surface area contributed by atoms with Crippen molar-refractivity contribution in [3.63, 3.8) is 0 Å². The molecule has 0 spiro atoms. The third kappa shape index (κ3) is 3.39. The molecule has 2 saturated heterocycles. The Morgan fingerprint density at radius 3 is 2.90 bits per heavy atom. The number of nitrogens with zero attached hydrogens (tertiary/aromatic N) is 8. The number of benzene rings is 1. The van der Waals surface area contributed by atoms with Crippen LogP contribution in [0.2, 0.25) is 0 Å². The average Bonchev–Trinajstić information content (AvgIpc) is 3.40. The number of anilines is 1. The van der Waals surface area contributed by atoms with Crippen LogP contribution in [-0.2, 0) is 0 Å². The summed E-state index contributed by atoms with van der Waals surface area (Å²) in [6.07, 6.45) is 7.41. The highest BCUT2D eigenvalue weighted by molar-refractivity contribution is 9.10. The molecule has 4 heterocycles. The number of rotatable bonds is 3. The van der Waals surface area contributed by atoms with E-state index in [2.05, 4.69) is 52.1 Å². The molecule has 0 bridgehead atoms. The van der Waals surface area contributed by atoms with Gasteiger partial charge in [0.1, 0.15) is 11.8 Å². The van der Waals surface area contributed by atoms with Crippen molar-refractivity contribution in [2.75, 3.05) is 24.5 Å². The minimum absolute atomic E-state index is 0.278. The fourth-order valence-corrected chi connectivity index (χ4v) is 4.77. The van der Waals surface area contributed by atoms with E-state index >= 15 is 0 Å². The van der Waals surface area contributed by atoms with Crippen LogP contribution in [-0.4, -0.2) is 55.5 Å². The second-order valence-corrected chi connectivity index (χ2v) is 8.25. The van der Waals surface area contributed by atoms with Crippen molar-refractivity contribution in [2.24, 2.45) is 0 Å². The van der Waals surface area contributed by atoms with Gasteiger partial charge in [0.25, 0.3) is 0 Å². The maximum absolute atomic E-state index is 9.33. The van der Waals surface area contributed by atoms with Gasteiger partial charge in [0, 0.05) is 42.5 Å². The molecule has 0 aliphatic carbocycles. The highest BCUT2D eigenvalue weighted by Crippen LogP contribution is 2.38. The second-order valence-electron chi connectivity index (χ2n) is 7.34. The zero-order valence-electron chi connectivity index (χ0n) is 15.7. The van der Waals surface area contributed by atoms with Gasteiger partial charge in [-0.3, -0.25) is 4.90 Å². The van der Waals surface area contributed by atoms with Gasteiger partial charge in [-0.2, -0.15) is 5.26 Å². The summed E-state index contributed by atoms with van der Waals surface area (Å²) in [6, 6.07) is 10.9. The largest absolute Gasteiger partial charge is 0.351 e. The fourth-order valence-electron chi connectivity index (χ4n) is 4.38. The van der Waals surface area contributed by atoms with Gasteiger partial charge in [-0.1, -0.05) is 27.2 Å². The predicted molar refractivity (Wildman–Crippen MR) is 110 cm³/mol. The van der Waals surface area contributed by atoms with Gasteiger partial charge in [-0.15, -0.1) is 5.10 Å². The summed E-state index contributed by atoms with van der Waals surface area (Å²) in [5.41, 5.74) is 2.40. The summed E-state index contributed by atoms with van der Waals surface area (Å²) in [5, 5.41) is 18.2. The van der Waals surface area contributed by atoms with E-state index in [0.717, 1.165) is 48.3 Å². The van der Waals surface area contributed by atoms with Crippen LogP contribution in [0.15, 0.2) is 47.3 Å². The fraction of sp³-hybridized carbons (Fsp3) is 0.350. The molecule has 9 heteroatoms. The normalized spacial score (nSPS) is 21.7. The van der Waals surface area contributed by atoms with Crippen molar-refractivity contribution in [1.29, 1.82) is 5.26 Å². The number of hydrogen-bond acceptors (Lipinski definition) is 7. The van der Waals surface area contributed by atoms with Gasteiger partial charge >= 0.3 is 0 Å². The SMILES string of the molecule is N#Cc1nccnc1N1CCN2C(c3cn(-c4cccc(Br)c4)nn3)CC[C@H]2C1. The first-order chi connectivity index (χ1) is 14.2. The van der Waals surface area contributed by atoms with Gasteiger partial charge in [0.2, 0.25) is 0 Å². The van der Waals surface area contributed by atoms with E-state index in [1.807, 2.05) is 35.1 Å². The molecule has 2 aliphatic heterocycles. The predicted octanol–water partition coefficient (Wildman–Crippen LogP) is 2.72. The molecule has 5 rings (SSSR count). The number of halogens is 1. The number of hydrogen-bond donors (Lipinski definition) is 0. The molecule has 2 atom stereocenters. The smallest absolute Gasteiger partial charge is 0.183 e. The van der Waals surface area contributed by atoms with Crippen LogP contribution in [0.4, 0.5) is 5.82 Å². The zero-order valence-corrected chi connectivity index (χ0v) is 17.3. The van der Waals surface area contributed by atoms with E-state index in [9.17, 15) is 5.26 Å². The molecule has 0 N–H and O–H groups in total. The van der Waals surface area contributed by atoms with Gasteiger partial charge in [0.15, 0.2) is 11.5 Å². The minimum atomic E-state index is 0.278. The molecule has 2 fully saturated rings. The lowest BCUT2D eigenvalue weighted by atomic mass is 10.1. The third-order valence-corrected chi connectivity index (χ3v) is 6.20. The van der Waals surface area contributed by atoms with E-state index in [-0.39, 0.29) is 6.04 Å². The van der Waals surface area contributed by atoms with Gasteiger partial charge in [-0.05, 0) is 31.0 Å². The summed E-state index contributed by atoms with van der Waals surface area (Å²) in [7, 11) is 0. The summed E-state index contributed by atoms with van der Waals surface area (Å²) in [6.45, 7) is 2.57. The van der Waals surface area contributed by atoms with Crippen molar-refractivity contribution in [2.45, 2.75) is 24.9 Å². The Morgan fingerprint density at radius 1 is 1.14 bits per heavy atom. The Balaban J connectivity index is 1.33. The van der Waals surface area contributed by atoms with Crippen molar-refractivity contribution in [3.05, 3.63) is 58.7 Å². The second kappa shape index (κ2) is 7.54. The molecule has 146 valence electrons. The maximum Gasteiger partial charge on any atom is 0.183 e. The van der Waals surface area contributed by atoms with Crippen LogP contribution in [0, 0.1) is 11.3 Å². The molecule has 2 aromatic heterocycles. The Labute approximate surface area is 176 Å². The highest BCUT2D eigenvalue weighted by atomic mass is 79.9. The van der Waals surface area contributed by atoms with Gasteiger partial charge in [-0.25, -0.2) is 14.6 Å². The zero-order chi connectivity index (χ0) is 19.8. The lowest BCUT2D eigenvalue weighted by Crippen LogP contribution is -2.51. The van der Waals surface area contributed by atoms with E-state index < -0.39 is 0 Å². The first-order valence-electron chi connectivity index (χ1n) is 9.63. The summed E-state index contributed by atoms with van der Waals surface area (Å²) >= 11 is 3.51. The lowest BCUT2D eigenvalue weighted by Gasteiger charge is -2.40. The summed E-state index contributed by atoms with van der Waals surface area (Å²) in [4.78, 5) is 13.3. The van der Waals surface area contributed by atoms with E-state index in [1.54, 1.807) is 12.4 Å². The van der Waals surface area contributed by atoms with Gasteiger partial charge in [0.05, 0.1) is 17.9 Å². The Bertz CT molecular complexity index is 1070. The van der Waals surface area contributed by atoms with E-state index in [1.165, 1.54) is 0 Å². The number of fused-ring (bicyclic) bond motifs is 1. The number of nitriles is 1. The molecule has 29 heavy (non-hydrogen) atoms. The van der Waals surface area contributed by atoms with E-state index in [0.29, 0.717) is 17.6 Å². The Hall–Kier alpha value is -2.83. The van der Waals surface area contributed by atoms with Crippen molar-refractivity contribution >= 4 is 21.7 Å². The molecule has 1 unspecified atom stereocenters. The molecular formula is C20H19BrN8. The molecule has 0 amide bonds. The Morgan fingerprint density at radius 2 is 2.03 bits per heavy atom.